The maximum atomic E-state index is 12.8. The zero-order valence-corrected chi connectivity index (χ0v) is 17.1. The molecule has 0 aliphatic rings. The van der Waals surface area contributed by atoms with Gasteiger partial charge in [-0.1, -0.05) is 35.9 Å². The summed E-state index contributed by atoms with van der Waals surface area (Å²) >= 11 is 7.59. The van der Waals surface area contributed by atoms with Crippen LogP contribution in [0.2, 0.25) is 5.02 Å². The minimum Gasteiger partial charge on any atom is -0.497 e. The van der Waals surface area contributed by atoms with Crippen LogP contribution in [0.25, 0.3) is 0 Å². The summed E-state index contributed by atoms with van der Waals surface area (Å²) in [6, 6.07) is 20.6. The molecule has 0 spiro atoms. The average molecular weight is 414 g/mol. The van der Waals surface area contributed by atoms with E-state index in [9.17, 15) is 4.79 Å². The first kappa shape index (κ1) is 20.1. The molecule has 3 rings (SSSR count). The SMILES string of the molecule is COc1cc(OC)cc(C(=O)Nc2ccccc2SCc2ccc(Cl)cc2)c1. The number of carbonyl (C=O) groups excluding carboxylic acids is 1. The Kier molecular flexibility index (Phi) is 6.85. The van der Waals surface area contributed by atoms with E-state index < -0.39 is 0 Å². The van der Waals surface area contributed by atoms with Crippen LogP contribution in [-0.2, 0) is 5.75 Å². The van der Waals surface area contributed by atoms with Crippen molar-refractivity contribution in [3.63, 3.8) is 0 Å². The van der Waals surface area contributed by atoms with Crippen LogP contribution in [0.4, 0.5) is 5.69 Å². The summed E-state index contributed by atoms with van der Waals surface area (Å²) < 4.78 is 10.5. The largest absolute Gasteiger partial charge is 0.497 e. The molecule has 0 aliphatic carbocycles. The lowest BCUT2D eigenvalue weighted by molar-refractivity contribution is 0.102. The average Bonchev–Trinajstić information content (AvgIpc) is 2.73. The second-order valence-electron chi connectivity index (χ2n) is 5.97. The molecule has 28 heavy (non-hydrogen) atoms. The molecular formula is C22H20ClNO3S. The fourth-order valence-electron chi connectivity index (χ4n) is 2.57. The highest BCUT2D eigenvalue weighted by molar-refractivity contribution is 7.98. The molecule has 0 unspecified atom stereocenters. The van der Waals surface area contributed by atoms with Crippen LogP contribution in [0, 0.1) is 0 Å². The molecular weight excluding hydrogens is 394 g/mol. The molecule has 0 bridgehead atoms. The van der Waals surface area contributed by atoms with Gasteiger partial charge in [0.25, 0.3) is 5.91 Å². The molecule has 3 aromatic carbocycles. The maximum absolute atomic E-state index is 12.8. The fraction of sp³-hybridized carbons (Fsp3) is 0.136. The van der Waals surface area contributed by atoms with Crippen LogP contribution < -0.4 is 14.8 Å². The van der Waals surface area contributed by atoms with Crippen LogP contribution in [0.15, 0.2) is 71.6 Å². The topological polar surface area (TPSA) is 47.6 Å². The van der Waals surface area contributed by atoms with Gasteiger partial charge in [0.2, 0.25) is 0 Å². The normalized spacial score (nSPS) is 10.4. The first-order valence-electron chi connectivity index (χ1n) is 8.59. The van der Waals surface area contributed by atoms with Gasteiger partial charge in [-0.25, -0.2) is 0 Å². The summed E-state index contributed by atoms with van der Waals surface area (Å²) in [5, 5.41) is 3.70. The Bertz CT molecular complexity index is 938. The van der Waals surface area contributed by atoms with Crippen LogP contribution in [0.3, 0.4) is 0 Å². The van der Waals surface area contributed by atoms with Crippen molar-refractivity contribution in [3.05, 3.63) is 82.9 Å². The number of benzene rings is 3. The minimum absolute atomic E-state index is 0.225. The number of hydrogen-bond donors (Lipinski definition) is 1. The summed E-state index contributed by atoms with van der Waals surface area (Å²) in [5.41, 5.74) is 2.38. The van der Waals surface area contributed by atoms with Gasteiger partial charge in [0.15, 0.2) is 0 Å². The van der Waals surface area contributed by atoms with Crippen LogP contribution in [0.1, 0.15) is 15.9 Å². The van der Waals surface area contributed by atoms with Crippen molar-refractivity contribution in [2.45, 2.75) is 10.6 Å². The predicted octanol–water partition coefficient (Wildman–Crippen LogP) is 5.90. The number of ether oxygens (including phenoxy) is 2. The van der Waals surface area contributed by atoms with Gasteiger partial charge < -0.3 is 14.8 Å². The Morgan fingerprint density at radius 2 is 1.61 bits per heavy atom. The monoisotopic (exact) mass is 413 g/mol. The molecule has 0 heterocycles. The predicted molar refractivity (Wildman–Crippen MR) is 115 cm³/mol. The number of hydrogen-bond acceptors (Lipinski definition) is 4. The number of rotatable bonds is 7. The standard InChI is InChI=1S/C22H20ClNO3S/c1-26-18-11-16(12-19(13-18)27-2)22(25)24-20-5-3-4-6-21(20)28-14-15-7-9-17(23)10-8-15/h3-13H,14H2,1-2H3,(H,24,25). The van der Waals surface area contributed by atoms with E-state index in [2.05, 4.69) is 5.32 Å². The van der Waals surface area contributed by atoms with Crippen molar-refractivity contribution in [1.29, 1.82) is 0 Å². The van der Waals surface area contributed by atoms with Gasteiger partial charge in [-0.3, -0.25) is 4.79 Å². The molecule has 0 atom stereocenters. The Balaban J connectivity index is 1.75. The molecule has 0 fully saturated rings. The first-order valence-corrected chi connectivity index (χ1v) is 9.96. The summed E-state index contributed by atoms with van der Waals surface area (Å²) in [7, 11) is 3.11. The molecule has 144 valence electrons. The first-order chi connectivity index (χ1) is 13.6. The lowest BCUT2D eigenvalue weighted by Gasteiger charge is -2.12. The van der Waals surface area contributed by atoms with E-state index in [1.807, 2.05) is 48.5 Å². The molecule has 0 saturated carbocycles. The summed E-state index contributed by atoms with van der Waals surface area (Å²) in [4.78, 5) is 13.8. The Morgan fingerprint density at radius 3 is 2.25 bits per heavy atom. The van der Waals surface area contributed by atoms with E-state index in [4.69, 9.17) is 21.1 Å². The fourth-order valence-corrected chi connectivity index (χ4v) is 3.66. The zero-order valence-electron chi connectivity index (χ0n) is 15.6. The zero-order chi connectivity index (χ0) is 19.9. The van der Waals surface area contributed by atoms with Gasteiger partial charge in [0.05, 0.1) is 19.9 Å². The van der Waals surface area contributed by atoms with Crippen molar-refractivity contribution >= 4 is 35.0 Å². The summed E-state index contributed by atoms with van der Waals surface area (Å²) in [6.45, 7) is 0. The number of amides is 1. The summed E-state index contributed by atoms with van der Waals surface area (Å²) in [6.07, 6.45) is 0. The maximum Gasteiger partial charge on any atom is 0.255 e. The van der Waals surface area contributed by atoms with Gasteiger partial charge in [-0.2, -0.15) is 0 Å². The number of para-hydroxylation sites is 1. The highest BCUT2D eigenvalue weighted by Crippen LogP contribution is 2.31. The molecule has 6 heteroatoms. The molecule has 0 saturated heterocycles. The highest BCUT2D eigenvalue weighted by atomic mass is 35.5. The second kappa shape index (κ2) is 9.53. The Hall–Kier alpha value is -2.63. The van der Waals surface area contributed by atoms with E-state index >= 15 is 0 Å². The van der Waals surface area contributed by atoms with Gasteiger partial charge >= 0.3 is 0 Å². The molecule has 3 aromatic rings. The van der Waals surface area contributed by atoms with Crippen LogP contribution in [0.5, 0.6) is 11.5 Å². The second-order valence-corrected chi connectivity index (χ2v) is 7.42. The number of anilines is 1. The number of thioether (sulfide) groups is 1. The molecule has 1 amide bonds. The van der Waals surface area contributed by atoms with Crippen molar-refractivity contribution in [2.24, 2.45) is 0 Å². The highest BCUT2D eigenvalue weighted by Gasteiger charge is 2.12. The molecule has 0 aliphatic heterocycles. The van der Waals surface area contributed by atoms with Crippen LogP contribution in [-0.4, -0.2) is 20.1 Å². The smallest absolute Gasteiger partial charge is 0.255 e. The quantitative estimate of drug-likeness (QED) is 0.490. The molecule has 0 aromatic heterocycles. The number of methoxy groups -OCH3 is 2. The van der Waals surface area contributed by atoms with E-state index in [0.717, 1.165) is 26.9 Å². The third kappa shape index (κ3) is 5.21. The third-order valence-electron chi connectivity index (χ3n) is 4.06. The van der Waals surface area contributed by atoms with Gasteiger partial charge in [-0.15, -0.1) is 11.8 Å². The van der Waals surface area contributed by atoms with E-state index in [1.54, 1.807) is 44.2 Å². The Labute approximate surface area is 173 Å². The number of carbonyl (C=O) groups is 1. The molecule has 0 radical (unpaired) electrons. The number of nitrogens with one attached hydrogen (secondary N) is 1. The van der Waals surface area contributed by atoms with Gasteiger partial charge in [0.1, 0.15) is 11.5 Å². The van der Waals surface area contributed by atoms with Gasteiger partial charge in [-0.05, 0) is 42.0 Å². The van der Waals surface area contributed by atoms with Crippen molar-refractivity contribution in [3.8, 4) is 11.5 Å². The lowest BCUT2D eigenvalue weighted by Crippen LogP contribution is -2.13. The van der Waals surface area contributed by atoms with Crippen LogP contribution >= 0.6 is 23.4 Å². The lowest BCUT2D eigenvalue weighted by atomic mass is 10.2. The van der Waals surface area contributed by atoms with Crippen molar-refractivity contribution < 1.29 is 14.3 Å². The Morgan fingerprint density at radius 1 is 0.964 bits per heavy atom. The van der Waals surface area contributed by atoms with Crippen molar-refractivity contribution in [1.82, 2.24) is 0 Å². The van der Waals surface area contributed by atoms with Crippen molar-refractivity contribution in [2.75, 3.05) is 19.5 Å². The van der Waals surface area contributed by atoms with Gasteiger partial charge in [0, 0.05) is 27.3 Å². The molecule has 1 N–H and O–H groups in total. The third-order valence-corrected chi connectivity index (χ3v) is 5.45. The minimum atomic E-state index is -0.225. The summed E-state index contributed by atoms with van der Waals surface area (Å²) in [5.74, 6) is 1.68. The number of halogens is 1. The van der Waals surface area contributed by atoms with E-state index in [0.29, 0.717) is 17.1 Å². The van der Waals surface area contributed by atoms with E-state index in [1.165, 1.54) is 0 Å². The van der Waals surface area contributed by atoms with E-state index in [-0.39, 0.29) is 5.91 Å². The molecule has 4 nitrogen and oxygen atoms in total.